The van der Waals surface area contributed by atoms with Crippen molar-refractivity contribution in [3.05, 3.63) is 58.9 Å². The summed E-state index contributed by atoms with van der Waals surface area (Å²) in [6.45, 7) is 1.49. The fourth-order valence-corrected chi connectivity index (χ4v) is 2.71. The van der Waals surface area contributed by atoms with Gasteiger partial charge >= 0.3 is 0 Å². The van der Waals surface area contributed by atoms with Gasteiger partial charge in [0.25, 0.3) is 11.8 Å². The molecule has 118 valence electrons. The molecule has 1 aliphatic heterocycles. The van der Waals surface area contributed by atoms with Gasteiger partial charge in [0.05, 0.1) is 10.7 Å². The van der Waals surface area contributed by atoms with E-state index in [1.165, 1.54) is 12.3 Å². The second-order valence-electron chi connectivity index (χ2n) is 5.36. The SMILES string of the molecule is O=C(Nc1ccccc1Cl)c1ccnc(C(=O)N2CCCC2)c1. The van der Waals surface area contributed by atoms with Crippen molar-refractivity contribution >= 4 is 29.1 Å². The molecule has 0 radical (unpaired) electrons. The number of aromatic nitrogens is 1. The maximum Gasteiger partial charge on any atom is 0.272 e. The summed E-state index contributed by atoms with van der Waals surface area (Å²) < 4.78 is 0. The number of halogens is 1. The van der Waals surface area contributed by atoms with E-state index in [-0.39, 0.29) is 11.8 Å². The molecule has 6 heteroatoms. The molecule has 1 aliphatic rings. The maximum absolute atomic E-state index is 12.3. The highest BCUT2D eigenvalue weighted by atomic mass is 35.5. The molecular formula is C17H16ClN3O2. The van der Waals surface area contributed by atoms with Crippen molar-refractivity contribution < 1.29 is 9.59 Å². The van der Waals surface area contributed by atoms with Gasteiger partial charge in [-0.05, 0) is 37.1 Å². The van der Waals surface area contributed by atoms with Gasteiger partial charge in [0.1, 0.15) is 5.69 Å². The molecule has 2 heterocycles. The van der Waals surface area contributed by atoms with Crippen LogP contribution in [0.5, 0.6) is 0 Å². The average molecular weight is 330 g/mol. The fourth-order valence-electron chi connectivity index (χ4n) is 2.53. The summed E-state index contributed by atoms with van der Waals surface area (Å²) in [6, 6.07) is 10.1. The monoisotopic (exact) mass is 329 g/mol. The quantitative estimate of drug-likeness (QED) is 0.940. The molecule has 0 saturated carbocycles. The summed E-state index contributed by atoms with van der Waals surface area (Å²) >= 11 is 6.04. The third-order valence-electron chi connectivity index (χ3n) is 3.76. The number of rotatable bonds is 3. The molecule has 0 aliphatic carbocycles. The molecule has 1 saturated heterocycles. The molecule has 1 aromatic heterocycles. The number of nitrogens with one attached hydrogen (secondary N) is 1. The topological polar surface area (TPSA) is 62.3 Å². The number of pyridine rings is 1. The Bertz CT molecular complexity index is 742. The lowest BCUT2D eigenvalue weighted by Gasteiger charge is -2.14. The fraction of sp³-hybridized carbons (Fsp3) is 0.235. The molecule has 2 amide bonds. The van der Waals surface area contributed by atoms with Crippen molar-refractivity contribution in [3.63, 3.8) is 0 Å². The number of para-hydroxylation sites is 1. The van der Waals surface area contributed by atoms with Crippen LogP contribution in [0, 0.1) is 0 Å². The molecule has 0 unspecified atom stereocenters. The molecule has 0 bridgehead atoms. The van der Waals surface area contributed by atoms with Gasteiger partial charge in [-0.2, -0.15) is 0 Å². The van der Waals surface area contributed by atoms with Crippen LogP contribution in [-0.2, 0) is 0 Å². The second-order valence-corrected chi connectivity index (χ2v) is 5.77. The number of hydrogen-bond donors (Lipinski definition) is 1. The Hall–Kier alpha value is -2.40. The Labute approximate surface area is 139 Å². The predicted molar refractivity (Wildman–Crippen MR) is 88.8 cm³/mol. The number of nitrogens with zero attached hydrogens (tertiary/aromatic N) is 2. The minimum atomic E-state index is -0.323. The molecule has 5 nitrogen and oxygen atoms in total. The number of amides is 2. The highest BCUT2D eigenvalue weighted by Gasteiger charge is 2.21. The molecule has 0 atom stereocenters. The Morgan fingerprint density at radius 2 is 1.87 bits per heavy atom. The smallest absolute Gasteiger partial charge is 0.272 e. The van der Waals surface area contributed by atoms with E-state index in [2.05, 4.69) is 10.3 Å². The molecule has 23 heavy (non-hydrogen) atoms. The lowest BCUT2D eigenvalue weighted by Crippen LogP contribution is -2.28. The Balaban J connectivity index is 1.77. The number of benzene rings is 1. The standard InChI is InChI=1S/C17H16ClN3O2/c18-13-5-1-2-6-14(13)20-16(22)12-7-8-19-15(11-12)17(23)21-9-3-4-10-21/h1-2,5-8,11H,3-4,9-10H2,(H,20,22). The molecule has 2 aromatic rings. The first kappa shape index (κ1) is 15.5. The van der Waals surface area contributed by atoms with Gasteiger partial charge in [-0.15, -0.1) is 0 Å². The van der Waals surface area contributed by atoms with E-state index in [1.54, 1.807) is 35.2 Å². The Morgan fingerprint density at radius 1 is 1.13 bits per heavy atom. The van der Waals surface area contributed by atoms with Gasteiger partial charge in [0.15, 0.2) is 0 Å². The van der Waals surface area contributed by atoms with Gasteiger partial charge < -0.3 is 10.2 Å². The van der Waals surface area contributed by atoms with Crippen LogP contribution in [0.15, 0.2) is 42.6 Å². The van der Waals surface area contributed by atoms with E-state index < -0.39 is 0 Å². The molecule has 1 aromatic carbocycles. The Morgan fingerprint density at radius 3 is 2.61 bits per heavy atom. The highest BCUT2D eigenvalue weighted by Crippen LogP contribution is 2.21. The third-order valence-corrected chi connectivity index (χ3v) is 4.09. The van der Waals surface area contributed by atoms with Crippen LogP contribution in [0.1, 0.15) is 33.7 Å². The van der Waals surface area contributed by atoms with Gasteiger partial charge in [0, 0.05) is 24.8 Å². The van der Waals surface area contributed by atoms with Crippen LogP contribution < -0.4 is 5.32 Å². The normalized spacial score (nSPS) is 13.9. The van der Waals surface area contributed by atoms with E-state index in [4.69, 9.17) is 11.6 Å². The predicted octanol–water partition coefficient (Wildman–Crippen LogP) is 3.22. The minimum Gasteiger partial charge on any atom is -0.337 e. The lowest BCUT2D eigenvalue weighted by atomic mass is 10.2. The van der Waals surface area contributed by atoms with Gasteiger partial charge in [-0.25, -0.2) is 0 Å². The van der Waals surface area contributed by atoms with E-state index in [0.717, 1.165) is 25.9 Å². The molecule has 1 N–H and O–H groups in total. The third kappa shape index (κ3) is 3.51. The van der Waals surface area contributed by atoms with Gasteiger partial charge in [-0.1, -0.05) is 23.7 Å². The maximum atomic E-state index is 12.3. The number of carbonyl (C=O) groups is 2. The second kappa shape index (κ2) is 6.79. The van der Waals surface area contributed by atoms with Crippen molar-refractivity contribution in [1.82, 2.24) is 9.88 Å². The summed E-state index contributed by atoms with van der Waals surface area (Å²) in [4.78, 5) is 30.5. The molecule has 1 fully saturated rings. The summed E-state index contributed by atoms with van der Waals surface area (Å²) in [7, 11) is 0. The van der Waals surface area contributed by atoms with Crippen molar-refractivity contribution in [3.8, 4) is 0 Å². The average Bonchev–Trinajstić information content (AvgIpc) is 3.11. The van der Waals surface area contributed by atoms with Crippen molar-refractivity contribution in [1.29, 1.82) is 0 Å². The zero-order valence-electron chi connectivity index (χ0n) is 12.5. The van der Waals surface area contributed by atoms with E-state index in [0.29, 0.717) is 22.0 Å². The first-order chi connectivity index (χ1) is 11.1. The van der Waals surface area contributed by atoms with Crippen molar-refractivity contribution in [2.45, 2.75) is 12.8 Å². The Kier molecular flexibility index (Phi) is 4.57. The van der Waals surface area contributed by atoms with Crippen molar-refractivity contribution in [2.75, 3.05) is 18.4 Å². The highest BCUT2D eigenvalue weighted by molar-refractivity contribution is 6.33. The molecule has 0 spiro atoms. The largest absolute Gasteiger partial charge is 0.337 e. The van der Waals surface area contributed by atoms with Crippen molar-refractivity contribution in [2.24, 2.45) is 0 Å². The van der Waals surface area contributed by atoms with Gasteiger partial charge in [0.2, 0.25) is 0 Å². The van der Waals surface area contributed by atoms with Crippen LogP contribution in [0.2, 0.25) is 5.02 Å². The summed E-state index contributed by atoms with van der Waals surface area (Å²) in [6.07, 6.45) is 3.50. The van der Waals surface area contributed by atoms with Crippen LogP contribution in [0.3, 0.4) is 0 Å². The summed E-state index contributed by atoms with van der Waals surface area (Å²) in [5.74, 6) is -0.453. The summed E-state index contributed by atoms with van der Waals surface area (Å²) in [5, 5.41) is 3.20. The van der Waals surface area contributed by atoms with E-state index >= 15 is 0 Å². The number of anilines is 1. The number of hydrogen-bond acceptors (Lipinski definition) is 3. The number of carbonyl (C=O) groups excluding carboxylic acids is 2. The van der Waals surface area contributed by atoms with Crippen LogP contribution >= 0.6 is 11.6 Å². The number of likely N-dealkylation sites (tertiary alicyclic amines) is 1. The minimum absolute atomic E-state index is 0.130. The lowest BCUT2D eigenvalue weighted by molar-refractivity contribution is 0.0787. The summed E-state index contributed by atoms with van der Waals surface area (Å²) in [5.41, 5.74) is 1.20. The van der Waals surface area contributed by atoms with E-state index in [1.807, 2.05) is 0 Å². The zero-order chi connectivity index (χ0) is 16.2. The molecule has 3 rings (SSSR count). The van der Waals surface area contributed by atoms with Crippen LogP contribution in [0.25, 0.3) is 0 Å². The first-order valence-electron chi connectivity index (χ1n) is 7.46. The van der Waals surface area contributed by atoms with Gasteiger partial charge in [-0.3, -0.25) is 14.6 Å². The zero-order valence-corrected chi connectivity index (χ0v) is 13.2. The van der Waals surface area contributed by atoms with Crippen LogP contribution in [0.4, 0.5) is 5.69 Å². The first-order valence-corrected chi connectivity index (χ1v) is 7.84. The van der Waals surface area contributed by atoms with Crippen LogP contribution in [-0.4, -0.2) is 34.8 Å². The molecular weight excluding hydrogens is 314 g/mol. The van der Waals surface area contributed by atoms with E-state index in [9.17, 15) is 9.59 Å².